The Balaban J connectivity index is 2.17. The van der Waals surface area contributed by atoms with Crippen molar-refractivity contribution in [2.45, 2.75) is 24.7 Å². The van der Waals surface area contributed by atoms with Crippen LogP contribution in [0, 0.1) is 11.2 Å². The van der Waals surface area contributed by atoms with Crippen LogP contribution >= 0.6 is 0 Å². The van der Waals surface area contributed by atoms with Crippen LogP contribution in [0.4, 0.5) is 4.39 Å². The summed E-state index contributed by atoms with van der Waals surface area (Å²) >= 11 is 0. The van der Waals surface area contributed by atoms with Crippen molar-refractivity contribution in [2.75, 3.05) is 26.8 Å². The quantitative estimate of drug-likeness (QED) is 0.857. The Bertz CT molecular complexity index is 568. The molecule has 1 aromatic rings. The van der Waals surface area contributed by atoms with Crippen molar-refractivity contribution in [2.24, 2.45) is 5.41 Å². The molecule has 0 radical (unpaired) electrons. The number of hydrogen-bond donors (Lipinski definition) is 0. The second-order valence-corrected chi connectivity index (χ2v) is 7.69. The van der Waals surface area contributed by atoms with E-state index in [2.05, 4.69) is 6.92 Å². The molecule has 0 atom stereocenters. The van der Waals surface area contributed by atoms with Crippen LogP contribution in [-0.4, -0.2) is 39.5 Å². The lowest BCUT2D eigenvalue weighted by Gasteiger charge is -2.36. The molecule has 0 unspecified atom stereocenters. The molecule has 6 heteroatoms. The van der Waals surface area contributed by atoms with Crippen LogP contribution in [-0.2, 0) is 14.8 Å². The summed E-state index contributed by atoms with van der Waals surface area (Å²) in [5.74, 6) is -0.545. The maximum Gasteiger partial charge on any atom is 0.242 e. The van der Waals surface area contributed by atoms with E-state index >= 15 is 0 Å². The Hall–Kier alpha value is -0.980. The van der Waals surface area contributed by atoms with Gasteiger partial charge in [-0.2, -0.15) is 0 Å². The first kappa shape index (κ1) is 15.4. The fraction of sp³-hybridized carbons (Fsp3) is 0.571. The molecule has 2 rings (SSSR count). The van der Waals surface area contributed by atoms with Crippen molar-refractivity contribution in [1.29, 1.82) is 0 Å². The molecule has 1 aromatic carbocycles. The highest BCUT2D eigenvalue weighted by atomic mass is 32.2. The van der Waals surface area contributed by atoms with E-state index in [9.17, 15) is 12.8 Å². The Morgan fingerprint density at radius 2 is 2.00 bits per heavy atom. The highest BCUT2D eigenvalue weighted by Gasteiger charge is 2.33. The van der Waals surface area contributed by atoms with Gasteiger partial charge in [0.1, 0.15) is 5.82 Å². The van der Waals surface area contributed by atoms with Crippen LogP contribution in [0.3, 0.4) is 0 Å². The summed E-state index contributed by atoms with van der Waals surface area (Å²) in [7, 11) is -2.10. The van der Waals surface area contributed by atoms with Crippen LogP contribution in [0.5, 0.6) is 0 Å². The average Bonchev–Trinajstić information content (AvgIpc) is 2.39. The number of sulfonamides is 1. The first-order valence-corrected chi connectivity index (χ1v) is 8.07. The van der Waals surface area contributed by atoms with Gasteiger partial charge in [-0.25, -0.2) is 17.1 Å². The molecule has 1 fully saturated rings. The Kier molecular flexibility index (Phi) is 4.46. The number of ether oxygens (including phenoxy) is 1. The topological polar surface area (TPSA) is 46.6 Å². The van der Waals surface area contributed by atoms with E-state index in [-0.39, 0.29) is 10.3 Å². The van der Waals surface area contributed by atoms with Crippen molar-refractivity contribution in [1.82, 2.24) is 4.31 Å². The molecule has 0 spiro atoms. The van der Waals surface area contributed by atoms with Gasteiger partial charge >= 0.3 is 0 Å². The zero-order valence-electron chi connectivity index (χ0n) is 11.8. The Morgan fingerprint density at radius 1 is 1.35 bits per heavy atom. The molecular weight excluding hydrogens is 281 g/mol. The van der Waals surface area contributed by atoms with Gasteiger partial charge < -0.3 is 4.74 Å². The summed E-state index contributed by atoms with van der Waals surface area (Å²) in [5, 5.41) is 0. The molecule has 1 aliphatic heterocycles. The van der Waals surface area contributed by atoms with Gasteiger partial charge in [0.25, 0.3) is 0 Å². The molecule has 112 valence electrons. The molecule has 1 saturated heterocycles. The van der Waals surface area contributed by atoms with Gasteiger partial charge in [0.2, 0.25) is 10.0 Å². The third kappa shape index (κ3) is 3.37. The summed E-state index contributed by atoms with van der Waals surface area (Å²) in [6.07, 6.45) is 1.66. The average molecular weight is 301 g/mol. The molecule has 0 bridgehead atoms. The molecule has 0 aliphatic carbocycles. The standard InChI is InChI=1S/C14H20FNO3S/c1-14(6-8-19-9-7-14)11-16(2)20(17,18)13-5-3-4-12(15)10-13/h3-5,10H,6-9,11H2,1-2H3. The maximum atomic E-state index is 13.2. The minimum atomic E-state index is -3.65. The van der Waals surface area contributed by atoms with E-state index < -0.39 is 15.8 Å². The van der Waals surface area contributed by atoms with E-state index in [1.807, 2.05) is 0 Å². The minimum absolute atomic E-state index is 0.00402. The second kappa shape index (κ2) is 5.79. The van der Waals surface area contributed by atoms with Gasteiger partial charge in [0.15, 0.2) is 0 Å². The predicted octanol–water partition coefficient (Wildman–Crippen LogP) is 2.26. The summed E-state index contributed by atoms with van der Waals surface area (Å²) in [4.78, 5) is -0.00402. The molecule has 0 amide bonds. The van der Waals surface area contributed by atoms with E-state index in [0.29, 0.717) is 19.8 Å². The first-order chi connectivity index (χ1) is 9.33. The molecular formula is C14H20FNO3S. The molecule has 4 nitrogen and oxygen atoms in total. The lowest BCUT2D eigenvalue weighted by molar-refractivity contribution is 0.0175. The van der Waals surface area contributed by atoms with Crippen LogP contribution in [0.1, 0.15) is 19.8 Å². The molecule has 0 aromatic heterocycles. The van der Waals surface area contributed by atoms with Gasteiger partial charge in [0.05, 0.1) is 4.90 Å². The van der Waals surface area contributed by atoms with E-state index in [1.54, 1.807) is 7.05 Å². The van der Waals surface area contributed by atoms with Crippen molar-refractivity contribution < 1.29 is 17.5 Å². The highest BCUT2D eigenvalue weighted by molar-refractivity contribution is 7.89. The summed E-state index contributed by atoms with van der Waals surface area (Å²) < 4.78 is 44.7. The van der Waals surface area contributed by atoms with Gasteiger partial charge in [-0.05, 0) is 36.5 Å². The van der Waals surface area contributed by atoms with E-state index in [1.165, 1.54) is 22.5 Å². The summed E-state index contributed by atoms with van der Waals surface area (Å²) in [6, 6.07) is 5.12. The number of hydrogen-bond acceptors (Lipinski definition) is 3. The number of rotatable bonds is 4. The molecule has 0 N–H and O–H groups in total. The van der Waals surface area contributed by atoms with Crippen LogP contribution in [0.2, 0.25) is 0 Å². The van der Waals surface area contributed by atoms with Gasteiger partial charge in [-0.15, -0.1) is 0 Å². The fourth-order valence-corrected chi connectivity index (χ4v) is 3.81. The van der Waals surface area contributed by atoms with Gasteiger partial charge in [0, 0.05) is 26.8 Å². The van der Waals surface area contributed by atoms with Crippen molar-refractivity contribution in [3.05, 3.63) is 30.1 Å². The number of benzene rings is 1. The zero-order valence-corrected chi connectivity index (χ0v) is 12.6. The Labute approximate surface area is 119 Å². The van der Waals surface area contributed by atoms with Crippen molar-refractivity contribution in [3.63, 3.8) is 0 Å². The minimum Gasteiger partial charge on any atom is -0.381 e. The third-order valence-corrected chi connectivity index (χ3v) is 5.61. The van der Waals surface area contributed by atoms with Crippen LogP contribution in [0.15, 0.2) is 29.2 Å². The highest BCUT2D eigenvalue weighted by Crippen LogP contribution is 2.32. The van der Waals surface area contributed by atoms with E-state index in [4.69, 9.17) is 4.74 Å². The monoisotopic (exact) mass is 301 g/mol. The van der Waals surface area contributed by atoms with Gasteiger partial charge in [-0.3, -0.25) is 0 Å². The van der Waals surface area contributed by atoms with Crippen LogP contribution in [0.25, 0.3) is 0 Å². The summed E-state index contributed by atoms with van der Waals surface area (Å²) in [6.45, 7) is 3.79. The molecule has 0 saturated carbocycles. The molecule has 1 aliphatic rings. The van der Waals surface area contributed by atoms with Crippen LogP contribution < -0.4 is 0 Å². The molecule has 1 heterocycles. The second-order valence-electron chi connectivity index (χ2n) is 5.64. The normalized spacial score (nSPS) is 19.2. The van der Waals surface area contributed by atoms with E-state index in [0.717, 1.165) is 18.9 Å². The lowest BCUT2D eigenvalue weighted by atomic mass is 9.82. The lowest BCUT2D eigenvalue weighted by Crippen LogP contribution is -2.40. The SMILES string of the molecule is CN(CC1(C)CCOCC1)S(=O)(=O)c1cccc(F)c1. The largest absolute Gasteiger partial charge is 0.381 e. The maximum absolute atomic E-state index is 13.2. The Morgan fingerprint density at radius 3 is 2.60 bits per heavy atom. The number of halogens is 1. The van der Waals surface area contributed by atoms with Gasteiger partial charge in [-0.1, -0.05) is 13.0 Å². The van der Waals surface area contributed by atoms with Crippen molar-refractivity contribution >= 4 is 10.0 Å². The smallest absolute Gasteiger partial charge is 0.242 e. The third-order valence-electron chi connectivity index (χ3n) is 3.81. The zero-order chi connectivity index (χ0) is 14.8. The first-order valence-electron chi connectivity index (χ1n) is 6.63. The summed E-state index contributed by atoms with van der Waals surface area (Å²) in [5.41, 5.74) is -0.0899. The molecule has 20 heavy (non-hydrogen) atoms. The fourth-order valence-electron chi connectivity index (χ4n) is 2.45. The predicted molar refractivity (Wildman–Crippen MR) is 74.4 cm³/mol. The van der Waals surface area contributed by atoms with Crippen molar-refractivity contribution in [3.8, 4) is 0 Å². The number of nitrogens with zero attached hydrogens (tertiary/aromatic N) is 1.